The standard InChI is InChI=1S/C13H9Cl2N3O2/c1-6-12(7-2-3-8(14)9(15)4-7)13-16-10(19)5-11(20)18(13)17-6/h2-5,20H,1H3,(H,16,19). The zero-order valence-electron chi connectivity index (χ0n) is 10.3. The molecule has 0 saturated carbocycles. The molecule has 0 radical (unpaired) electrons. The van der Waals surface area contributed by atoms with Crippen molar-refractivity contribution in [2.24, 2.45) is 0 Å². The smallest absolute Gasteiger partial charge is 0.254 e. The van der Waals surface area contributed by atoms with Crippen molar-refractivity contribution in [1.29, 1.82) is 0 Å². The first-order chi connectivity index (χ1) is 9.47. The van der Waals surface area contributed by atoms with E-state index in [1.807, 2.05) is 0 Å². The van der Waals surface area contributed by atoms with Crippen molar-refractivity contribution >= 4 is 28.8 Å². The summed E-state index contributed by atoms with van der Waals surface area (Å²) in [5, 5.41) is 14.8. The first kappa shape index (κ1) is 13.0. The molecule has 0 unspecified atom stereocenters. The highest BCUT2D eigenvalue weighted by molar-refractivity contribution is 6.42. The van der Waals surface area contributed by atoms with Crippen LogP contribution in [0.4, 0.5) is 0 Å². The zero-order valence-corrected chi connectivity index (χ0v) is 11.8. The number of benzene rings is 1. The molecular formula is C13H9Cl2N3O2. The Morgan fingerprint density at radius 3 is 2.70 bits per heavy atom. The van der Waals surface area contributed by atoms with Crippen molar-refractivity contribution in [2.75, 3.05) is 0 Å². The molecule has 20 heavy (non-hydrogen) atoms. The van der Waals surface area contributed by atoms with Crippen LogP contribution in [0.15, 0.2) is 29.1 Å². The van der Waals surface area contributed by atoms with Crippen molar-refractivity contribution < 1.29 is 5.11 Å². The number of aromatic nitrogens is 3. The van der Waals surface area contributed by atoms with Gasteiger partial charge in [0, 0.05) is 5.56 Å². The molecule has 2 N–H and O–H groups in total. The molecule has 0 bridgehead atoms. The van der Waals surface area contributed by atoms with Gasteiger partial charge in [0.15, 0.2) is 0 Å². The third-order valence-corrected chi connectivity index (χ3v) is 3.73. The summed E-state index contributed by atoms with van der Waals surface area (Å²) in [5.74, 6) is -0.224. The van der Waals surface area contributed by atoms with Gasteiger partial charge in [-0.3, -0.25) is 4.79 Å². The fourth-order valence-corrected chi connectivity index (χ4v) is 2.43. The van der Waals surface area contributed by atoms with E-state index in [4.69, 9.17) is 23.2 Å². The van der Waals surface area contributed by atoms with Gasteiger partial charge in [-0.05, 0) is 24.6 Å². The molecule has 0 aliphatic rings. The molecule has 0 aliphatic heterocycles. The molecule has 2 heterocycles. The normalized spacial score (nSPS) is 11.2. The summed E-state index contributed by atoms with van der Waals surface area (Å²) < 4.78 is 1.27. The summed E-state index contributed by atoms with van der Waals surface area (Å²) in [5.41, 5.74) is 2.10. The Labute approximate surface area is 123 Å². The number of nitrogens with one attached hydrogen (secondary N) is 1. The fourth-order valence-electron chi connectivity index (χ4n) is 2.14. The molecule has 2 aromatic heterocycles. The van der Waals surface area contributed by atoms with E-state index < -0.39 is 5.56 Å². The Balaban J connectivity index is 2.38. The zero-order chi connectivity index (χ0) is 14.4. The number of H-pyrrole nitrogens is 1. The molecular weight excluding hydrogens is 301 g/mol. The van der Waals surface area contributed by atoms with Crippen molar-refractivity contribution in [3.05, 3.63) is 50.4 Å². The maximum atomic E-state index is 11.5. The maximum Gasteiger partial charge on any atom is 0.254 e. The molecule has 7 heteroatoms. The second-order valence-electron chi connectivity index (χ2n) is 4.34. The van der Waals surface area contributed by atoms with Gasteiger partial charge in [-0.25, -0.2) is 0 Å². The second kappa shape index (κ2) is 4.54. The molecule has 3 aromatic rings. The molecule has 0 amide bonds. The van der Waals surface area contributed by atoms with Gasteiger partial charge in [-0.15, -0.1) is 0 Å². The van der Waals surface area contributed by atoms with E-state index in [-0.39, 0.29) is 5.88 Å². The lowest BCUT2D eigenvalue weighted by Gasteiger charge is -2.03. The lowest BCUT2D eigenvalue weighted by Crippen LogP contribution is -2.07. The van der Waals surface area contributed by atoms with Crippen LogP contribution < -0.4 is 5.56 Å². The summed E-state index contributed by atoms with van der Waals surface area (Å²) in [6.45, 7) is 1.78. The van der Waals surface area contributed by atoms with E-state index in [1.165, 1.54) is 4.52 Å². The minimum Gasteiger partial charge on any atom is -0.493 e. The number of aromatic hydroxyl groups is 1. The molecule has 102 valence electrons. The lowest BCUT2D eigenvalue weighted by molar-refractivity contribution is 0.434. The van der Waals surface area contributed by atoms with E-state index in [9.17, 15) is 9.90 Å². The average molecular weight is 310 g/mol. The molecule has 0 atom stereocenters. The first-order valence-corrected chi connectivity index (χ1v) is 6.50. The van der Waals surface area contributed by atoms with Crippen molar-refractivity contribution in [3.63, 3.8) is 0 Å². The summed E-state index contributed by atoms with van der Waals surface area (Å²) >= 11 is 11.9. The van der Waals surface area contributed by atoms with Gasteiger partial charge in [0.25, 0.3) is 5.56 Å². The molecule has 0 aliphatic carbocycles. The highest BCUT2D eigenvalue weighted by Crippen LogP contribution is 2.32. The number of hydrogen-bond acceptors (Lipinski definition) is 3. The van der Waals surface area contributed by atoms with Gasteiger partial charge in [0.1, 0.15) is 5.65 Å². The molecule has 0 saturated heterocycles. The van der Waals surface area contributed by atoms with Crippen LogP contribution >= 0.6 is 23.2 Å². The van der Waals surface area contributed by atoms with E-state index in [0.717, 1.165) is 11.6 Å². The largest absolute Gasteiger partial charge is 0.493 e. The van der Waals surface area contributed by atoms with Crippen LogP contribution in [0.3, 0.4) is 0 Å². The van der Waals surface area contributed by atoms with E-state index in [1.54, 1.807) is 25.1 Å². The average Bonchev–Trinajstić information content (AvgIpc) is 2.70. The van der Waals surface area contributed by atoms with Crippen LogP contribution in [0.1, 0.15) is 5.69 Å². The fraction of sp³-hybridized carbons (Fsp3) is 0.0769. The summed E-state index contributed by atoms with van der Waals surface area (Å²) in [4.78, 5) is 14.2. The predicted octanol–water partition coefficient (Wildman–Crippen LogP) is 3.01. The Kier molecular flexibility index (Phi) is 2.96. The Morgan fingerprint density at radius 2 is 2.00 bits per heavy atom. The number of nitrogens with zero attached hydrogens (tertiary/aromatic N) is 2. The first-order valence-electron chi connectivity index (χ1n) is 5.74. The van der Waals surface area contributed by atoms with Crippen LogP contribution in [0, 0.1) is 6.92 Å². The lowest BCUT2D eigenvalue weighted by atomic mass is 10.1. The monoisotopic (exact) mass is 309 g/mol. The van der Waals surface area contributed by atoms with Crippen molar-refractivity contribution in [2.45, 2.75) is 6.92 Å². The van der Waals surface area contributed by atoms with Gasteiger partial charge >= 0.3 is 0 Å². The second-order valence-corrected chi connectivity index (χ2v) is 5.16. The van der Waals surface area contributed by atoms with Gasteiger partial charge in [0.05, 0.1) is 21.8 Å². The number of aryl methyl sites for hydroxylation is 1. The van der Waals surface area contributed by atoms with Gasteiger partial charge in [-0.2, -0.15) is 9.61 Å². The Morgan fingerprint density at radius 1 is 1.25 bits per heavy atom. The van der Waals surface area contributed by atoms with Crippen molar-refractivity contribution in [1.82, 2.24) is 14.6 Å². The molecule has 1 aromatic carbocycles. The van der Waals surface area contributed by atoms with Gasteiger partial charge in [0.2, 0.25) is 5.88 Å². The van der Waals surface area contributed by atoms with Crippen LogP contribution in [0.5, 0.6) is 5.88 Å². The Hall–Kier alpha value is -1.98. The number of fused-ring (bicyclic) bond motifs is 1. The van der Waals surface area contributed by atoms with E-state index in [0.29, 0.717) is 26.9 Å². The van der Waals surface area contributed by atoms with Crippen LogP contribution in [-0.4, -0.2) is 19.7 Å². The minimum atomic E-state index is -0.406. The quantitative estimate of drug-likeness (QED) is 0.726. The number of aromatic amines is 1. The van der Waals surface area contributed by atoms with Gasteiger partial charge in [-0.1, -0.05) is 29.3 Å². The molecule has 0 fully saturated rings. The molecule has 0 spiro atoms. The van der Waals surface area contributed by atoms with Gasteiger partial charge < -0.3 is 10.1 Å². The molecule has 5 nitrogen and oxygen atoms in total. The third kappa shape index (κ3) is 1.95. The predicted molar refractivity (Wildman–Crippen MR) is 77.7 cm³/mol. The highest BCUT2D eigenvalue weighted by Gasteiger charge is 2.15. The summed E-state index contributed by atoms with van der Waals surface area (Å²) in [6, 6.07) is 6.21. The van der Waals surface area contributed by atoms with Crippen molar-refractivity contribution in [3.8, 4) is 17.0 Å². The Bertz CT molecular complexity index is 883. The number of hydrogen-bond donors (Lipinski definition) is 2. The van der Waals surface area contributed by atoms with Crippen LogP contribution in [0.2, 0.25) is 10.0 Å². The summed E-state index contributed by atoms with van der Waals surface area (Å²) in [6.07, 6.45) is 0. The molecule has 3 rings (SSSR count). The van der Waals surface area contributed by atoms with E-state index in [2.05, 4.69) is 10.1 Å². The third-order valence-electron chi connectivity index (χ3n) is 2.99. The minimum absolute atomic E-state index is 0.224. The number of halogens is 2. The topological polar surface area (TPSA) is 70.4 Å². The highest BCUT2D eigenvalue weighted by atomic mass is 35.5. The summed E-state index contributed by atoms with van der Waals surface area (Å²) in [7, 11) is 0. The maximum absolute atomic E-state index is 11.5. The number of rotatable bonds is 1. The van der Waals surface area contributed by atoms with Crippen LogP contribution in [-0.2, 0) is 0 Å². The van der Waals surface area contributed by atoms with E-state index >= 15 is 0 Å². The SMILES string of the molecule is Cc1nn2c(O)cc(=O)[nH]c2c1-c1ccc(Cl)c(Cl)c1. The van der Waals surface area contributed by atoms with Crippen LogP contribution in [0.25, 0.3) is 16.8 Å².